The third-order valence-electron chi connectivity index (χ3n) is 3.09. The van der Waals surface area contributed by atoms with Crippen molar-refractivity contribution < 1.29 is 4.39 Å². The Morgan fingerprint density at radius 1 is 1.53 bits per heavy atom. The Labute approximate surface area is 116 Å². The highest BCUT2D eigenvalue weighted by atomic mass is 79.9. The van der Waals surface area contributed by atoms with E-state index >= 15 is 0 Å². The van der Waals surface area contributed by atoms with Gasteiger partial charge in [0.25, 0.3) is 0 Å². The fourth-order valence-corrected chi connectivity index (χ4v) is 2.40. The van der Waals surface area contributed by atoms with Gasteiger partial charge >= 0.3 is 0 Å². The first kappa shape index (κ1) is 14.9. The third kappa shape index (κ3) is 3.91. The van der Waals surface area contributed by atoms with Crippen molar-refractivity contribution >= 4 is 28.3 Å². The van der Waals surface area contributed by atoms with E-state index in [1.807, 2.05) is 12.1 Å². The molecule has 0 amide bonds. The number of benzene rings is 1. The number of likely N-dealkylation sites (N-methyl/N-ethyl adjacent to an activating group) is 1. The molecule has 1 unspecified atom stereocenters. The Bertz CT molecular complexity index is 370. The van der Waals surface area contributed by atoms with Crippen LogP contribution in [0.2, 0.25) is 0 Å². The zero-order valence-electron chi connectivity index (χ0n) is 9.75. The second-order valence-electron chi connectivity index (χ2n) is 4.30. The molecule has 1 aromatic rings. The first-order valence-electron chi connectivity index (χ1n) is 5.51. The largest absolute Gasteiger partial charge is 0.315 e. The van der Waals surface area contributed by atoms with E-state index in [0.717, 1.165) is 29.5 Å². The van der Waals surface area contributed by atoms with Crippen LogP contribution in [0.5, 0.6) is 0 Å². The van der Waals surface area contributed by atoms with Gasteiger partial charge < -0.3 is 5.32 Å². The lowest BCUT2D eigenvalue weighted by Gasteiger charge is -2.23. The first-order chi connectivity index (χ1) is 7.66. The minimum atomic E-state index is -0.132. The van der Waals surface area contributed by atoms with Gasteiger partial charge in [0.15, 0.2) is 0 Å². The zero-order valence-corrected chi connectivity index (χ0v) is 12.2. The summed E-state index contributed by atoms with van der Waals surface area (Å²) >= 11 is 3.27. The molecule has 1 aromatic carbocycles. The molecular formula is C12H17BrClFN2. The second-order valence-corrected chi connectivity index (χ2v) is 5.21. The molecular weight excluding hydrogens is 307 g/mol. The van der Waals surface area contributed by atoms with E-state index in [-0.39, 0.29) is 18.2 Å². The summed E-state index contributed by atoms with van der Waals surface area (Å²) < 4.78 is 14.4. The zero-order chi connectivity index (χ0) is 11.5. The number of hydrogen-bond acceptors (Lipinski definition) is 2. The summed E-state index contributed by atoms with van der Waals surface area (Å²) in [5.74, 6) is -0.132. The van der Waals surface area contributed by atoms with Crippen molar-refractivity contribution in [2.75, 3.05) is 20.1 Å². The molecule has 1 atom stereocenters. The van der Waals surface area contributed by atoms with Crippen LogP contribution < -0.4 is 5.32 Å². The molecule has 5 heteroatoms. The molecule has 2 nitrogen and oxygen atoms in total. The number of rotatable bonds is 3. The van der Waals surface area contributed by atoms with E-state index in [1.165, 1.54) is 6.07 Å². The highest BCUT2D eigenvalue weighted by molar-refractivity contribution is 9.10. The molecule has 0 saturated carbocycles. The molecule has 0 spiro atoms. The van der Waals surface area contributed by atoms with E-state index in [1.54, 1.807) is 0 Å². The molecule has 2 rings (SSSR count). The average molecular weight is 324 g/mol. The summed E-state index contributed by atoms with van der Waals surface area (Å²) in [5, 5.41) is 3.32. The van der Waals surface area contributed by atoms with E-state index < -0.39 is 0 Å². The maximum atomic E-state index is 13.6. The Hall–Kier alpha value is -0.160. The van der Waals surface area contributed by atoms with Crippen molar-refractivity contribution in [1.82, 2.24) is 10.2 Å². The average Bonchev–Trinajstić information content (AvgIpc) is 2.75. The summed E-state index contributed by atoms with van der Waals surface area (Å²) in [6, 6.07) is 5.79. The highest BCUT2D eigenvalue weighted by Gasteiger charge is 2.19. The van der Waals surface area contributed by atoms with Crippen molar-refractivity contribution in [3.63, 3.8) is 0 Å². The van der Waals surface area contributed by atoms with Gasteiger partial charge in [0.05, 0.1) is 0 Å². The fraction of sp³-hybridized carbons (Fsp3) is 0.500. The molecule has 0 aliphatic carbocycles. The van der Waals surface area contributed by atoms with Crippen molar-refractivity contribution in [3.05, 3.63) is 34.1 Å². The molecule has 1 saturated heterocycles. The molecule has 96 valence electrons. The predicted octanol–water partition coefficient (Wildman–Crippen LogP) is 2.80. The normalized spacial score (nSPS) is 19.4. The maximum absolute atomic E-state index is 13.6. The van der Waals surface area contributed by atoms with E-state index in [4.69, 9.17) is 0 Å². The Balaban J connectivity index is 0.00000144. The van der Waals surface area contributed by atoms with Gasteiger partial charge in [-0.1, -0.05) is 22.0 Å². The number of nitrogens with zero attached hydrogens (tertiary/aromatic N) is 1. The Morgan fingerprint density at radius 3 is 2.88 bits per heavy atom. The van der Waals surface area contributed by atoms with Gasteiger partial charge in [-0.05, 0) is 32.1 Å². The van der Waals surface area contributed by atoms with Gasteiger partial charge in [0, 0.05) is 29.2 Å². The quantitative estimate of drug-likeness (QED) is 0.920. The van der Waals surface area contributed by atoms with Gasteiger partial charge in [-0.2, -0.15) is 0 Å². The molecule has 0 aromatic heterocycles. The topological polar surface area (TPSA) is 15.3 Å². The van der Waals surface area contributed by atoms with E-state index in [2.05, 4.69) is 33.2 Å². The van der Waals surface area contributed by atoms with Gasteiger partial charge in [-0.25, -0.2) is 4.39 Å². The number of halogens is 3. The van der Waals surface area contributed by atoms with Crippen LogP contribution in [0.4, 0.5) is 4.39 Å². The van der Waals surface area contributed by atoms with Crippen LogP contribution >= 0.6 is 28.3 Å². The van der Waals surface area contributed by atoms with Gasteiger partial charge in [0.1, 0.15) is 5.82 Å². The van der Waals surface area contributed by atoms with Crippen LogP contribution in [-0.2, 0) is 6.54 Å². The molecule has 1 fully saturated rings. The second kappa shape index (κ2) is 6.69. The summed E-state index contributed by atoms with van der Waals surface area (Å²) in [6.45, 7) is 2.75. The third-order valence-corrected chi connectivity index (χ3v) is 3.59. The van der Waals surface area contributed by atoms with Crippen LogP contribution in [0.15, 0.2) is 22.7 Å². The fourth-order valence-electron chi connectivity index (χ4n) is 2.06. The molecule has 0 bridgehead atoms. The summed E-state index contributed by atoms with van der Waals surface area (Å²) in [6.07, 6.45) is 1.15. The molecule has 1 heterocycles. The smallest absolute Gasteiger partial charge is 0.128 e. The lowest BCUT2D eigenvalue weighted by molar-refractivity contribution is 0.245. The summed E-state index contributed by atoms with van der Waals surface area (Å²) in [7, 11) is 2.05. The van der Waals surface area contributed by atoms with E-state index in [0.29, 0.717) is 12.6 Å². The molecule has 1 aliphatic rings. The van der Waals surface area contributed by atoms with Crippen LogP contribution in [0.3, 0.4) is 0 Å². The van der Waals surface area contributed by atoms with Crippen molar-refractivity contribution in [2.24, 2.45) is 0 Å². The van der Waals surface area contributed by atoms with Crippen molar-refractivity contribution in [2.45, 2.75) is 19.0 Å². The number of hydrogen-bond donors (Lipinski definition) is 1. The molecule has 17 heavy (non-hydrogen) atoms. The lowest BCUT2D eigenvalue weighted by atomic mass is 10.1. The van der Waals surface area contributed by atoms with Crippen LogP contribution in [0, 0.1) is 5.82 Å². The van der Waals surface area contributed by atoms with Crippen LogP contribution in [-0.4, -0.2) is 31.1 Å². The molecule has 1 N–H and O–H groups in total. The summed E-state index contributed by atoms with van der Waals surface area (Å²) in [5.41, 5.74) is 0.762. The Morgan fingerprint density at radius 2 is 2.29 bits per heavy atom. The summed E-state index contributed by atoms with van der Waals surface area (Å²) in [4.78, 5) is 2.21. The lowest BCUT2D eigenvalue weighted by Crippen LogP contribution is -2.33. The minimum absolute atomic E-state index is 0. The number of nitrogens with one attached hydrogen (secondary N) is 1. The van der Waals surface area contributed by atoms with Gasteiger partial charge in [-0.15, -0.1) is 12.4 Å². The first-order valence-corrected chi connectivity index (χ1v) is 6.31. The van der Waals surface area contributed by atoms with Crippen LogP contribution in [0.1, 0.15) is 12.0 Å². The standard InChI is InChI=1S/C12H16BrFN2.ClH/c1-16(11-4-5-15-7-11)8-9-2-3-10(13)6-12(9)14;/h2-3,6,11,15H,4-5,7-8H2,1H3;1H. The predicted molar refractivity (Wildman–Crippen MR) is 74.1 cm³/mol. The van der Waals surface area contributed by atoms with Crippen molar-refractivity contribution in [3.8, 4) is 0 Å². The highest BCUT2D eigenvalue weighted by Crippen LogP contribution is 2.18. The van der Waals surface area contributed by atoms with E-state index in [9.17, 15) is 4.39 Å². The van der Waals surface area contributed by atoms with Crippen LogP contribution in [0.25, 0.3) is 0 Å². The molecule has 1 aliphatic heterocycles. The van der Waals surface area contributed by atoms with Crippen molar-refractivity contribution in [1.29, 1.82) is 0 Å². The Kier molecular flexibility index (Phi) is 5.86. The monoisotopic (exact) mass is 322 g/mol. The maximum Gasteiger partial charge on any atom is 0.128 e. The van der Waals surface area contributed by atoms with Gasteiger partial charge in [-0.3, -0.25) is 4.90 Å². The van der Waals surface area contributed by atoms with Gasteiger partial charge in [0.2, 0.25) is 0 Å². The minimum Gasteiger partial charge on any atom is -0.315 e. The molecule has 0 radical (unpaired) electrons. The SMILES string of the molecule is CN(Cc1ccc(Br)cc1F)C1CCNC1.Cl.